The van der Waals surface area contributed by atoms with E-state index in [1.54, 1.807) is 39.2 Å². The van der Waals surface area contributed by atoms with Gasteiger partial charge in [-0.05, 0) is 44.5 Å². The highest BCUT2D eigenvalue weighted by molar-refractivity contribution is 6.02. The van der Waals surface area contributed by atoms with Crippen molar-refractivity contribution in [2.75, 3.05) is 27.4 Å². The Kier molecular flexibility index (Phi) is 7.20. The van der Waals surface area contributed by atoms with E-state index >= 15 is 0 Å². The van der Waals surface area contributed by atoms with Crippen LogP contribution in [-0.4, -0.2) is 50.4 Å². The third-order valence-corrected chi connectivity index (χ3v) is 4.07. The van der Waals surface area contributed by atoms with Crippen molar-refractivity contribution in [2.24, 2.45) is 5.16 Å². The molecule has 0 saturated carbocycles. The summed E-state index contributed by atoms with van der Waals surface area (Å²) in [4.78, 5) is 32.2. The highest BCUT2D eigenvalue weighted by Gasteiger charge is 2.22. The number of methoxy groups -OCH3 is 2. The lowest BCUT2D eigenvalue weighted by molar-refractivity contribution is 0.0599. The molecule has 1 aromatic carbocycles. The summed E-state index contributed by atoms with van der Waals surface area (Å²) < 4.78 is 15.5. The van der Waals surface area contributed by atoms with Crippen molar-refractivity contribution in [3.8, 4) is 11.5 Å². The zero-order valence-electron chi connectivity index (χ0n) is 16.6. The summed E-state index contributed by atoms with van der Waals surface area (Å²) in [5, 5.41) is 3.82. The SMILES string of the molecule is CCOc1ccc(/C=N/OCC(=O)c2[nH]c(C)c(C(=O)OC)c2C)cc1OC. The second-order valence-corrected chi connectivity index (χ2v) is 5.89. The molecule has 0 spiro atoms. The van der Waals surface area contributed by atoms with Crippen LogP contribution in [0, 0.1) is 13.8 Å². The van der Waals surface area contributed by atoms with Gasteiger partial charge in [-0.25, -0.2) is 4.79 Å². The van der Waals surface area contributed by atoms with Gasteiger partial charge in [0.25, 0.3) is 0 Å². The second-order valence-electron chi connectivity index (χ2n) is 5.89. The number of nitrogens with zero attached hydrogens (tertiary/aromatic N) is 1. The molecule has 0 amide bonds. The molecule has 0 aliphatic rings. The first-order valence-electron chi connectivity index (χ1n) is 8.69. The van der Waals surface area contributed by atoms with Crippen molar-refractivity contribution in [3.63, 3.8) is 0 Å². The van der Waals surface area contributed by atoms with E-state index in [0.29, 0.717) is 40.6 Å². The van der Waals surface area contributed by atoms with Crippen LogP contribution in [0.2, 0.25) is 0 Å². The molecule has 1 N–H and O–H groups in total. The van der Waals surface area contributed by atoms with E-state index in [-0.39, 0.29) is 12.4 Å². The van der Waals surface area contributed by atoms with E-state index in [0.717, 1.165) is 5.56 Å². The van der Waals surface area contributed by atoms with E-state index in [1.807, 2.05) is 6.92 Å². The number of carbonyl (C=O) groups is 2. The highest BCUT2D eigenvalue weighted by atomic mass is 16.6. The van der Waals surface area contributed by atoms with Gasteiger partial charge in [0.05, 0.1) is 38.3 Å². The van der Waals surface area contributed by atoms with Gasteiger partial charge in [-0.1, -0.05) is 5.16 Å². The van der Waals surface area contributed by atoms with Gasteiger partial charge in [0.15, 0.2) is 18.1 Å². The third-order valence-electron chi connectivity index (χ3n) is 4.07. The van der Waals surface area contributed by atoms with Gasteiger partial charge >= 0.3 is 5.97 Å². The molecule has 1 heterocycles. The molecule has 0 saturated heterocycles. The number of oxime groups is 1. The molecule has 0 atom stereocenters. The van der Waals surface area contributed by atoms with Crippen LogP contribution < -0.4 is 9.47 Å². The average molecular weight is 388 g/mol. The summed E-state index contributed by atoms with van der Waals surface area (Å²) in [5.41, 5.74) is 2.48. The molecule has 0 bridgehead atoms. The lowest BCUT2D eigenvalue weighted by Gasteiger charge is -2.09. The average Bonchev–Trinajstić information content (AvgIpc) is 2.99. The van der Waals surface area contributed by atoms with Crippen LogP contribution in [-0.2, 0) is 9.57 Å². The number of aromatic amines is 1. The van der Waals surface area contributed by atoms with Crippen molar-refractivity contribution < 1.29 is 28.6 Å². The predicted octanol–water partition coefficient (Wildman–Crippen LogP) is 3.06. The van der Waals surface area contributed by atoms with Gasteiger partial charge < -0.3 is 24.0 Å². The Balaban J connectivity index is 2.02. The standard InChI is InChI=1S/C20H24N2O6/c1-6-27-16-8-7-14(9-17(16)25-4)10-21-28-11-15(23)19-12(2)18(13(3)22-19)20(24)26-5/h7-10,22H,6,11H2,1-5H3/b21-10+. The maximum Gasteiger partial charge on any atom is 0.339 e. The first kappa shape index (κ1) is 21.0. The number of hydrogen-bond donors (Lipinski definition) is 1. The Morgan fingerprint density at radius 3 is 2.57 bits per heavy atom. The van der Waals surface area contributed by atoms with Crippen LogP contribution in [0.25, 0.3) is 0 Å². The molecule has 1 aromatic heterocycles. The molecule has 8 nitrogen and oxygen atoms in total. The molecule has 2 aromatic rings. The number of benzene rings is 1. The zero-order valence-corrected chi connectivity index (χ0v) is 16.6. The molecule has 0 aliphatic carbocycles. The van der Waals surface area contributed by atoms with Crippen LogP contribution in [0.5, 0.6) is 11.5 Å². The predicted molar refractivity (Wildman–Crippen MR) is 104 cm³/mol. The van der Waals surface area contributed by atoms with E-state index in [9.17, 15) is 9.59 Å². The van der Waals surface area contributed by atoms with E-state index < -0.39 is 5.97 Å². The number of esters is 1. The Bertz CT molecular complexity index is 885. The summed E-state index contributed by atoms with van der Waals surface area (Å²) in [5.74, 6) is 0.401. The normalized spacial score (nSPS) is 10.8. The van der Waals surface area contributed by atoms with Crippen LogP contribution in [0.3, 0.4) is 0 Å². The van der Waals surface area contributed by atoms with E-state index in [1.165, 1.54) is 13.3 Å². The van der Waals surface area contributed by atoms with Crippen molar-refractivity contribution in [1.29, 1.82) is 0 Å². The minimum absolute atomic E-state index is 0.272. The van der Waals surface area contributed by atoms with Crippen LogP contribution in [0.1, 0.15) is 44.6 Å². The van der Waals surface area contributed by atoms with Gasteiger partial charge in [0, 0.05) is 11.3 Å². The Morgan fingerprint density at radius 1 is 1.18 bits per heavy atom. The maximum absolute atomic E-state index is 12.4. The van der Waals surface area contributed by atoms with Crippen molar-refractivity contribution in [3.05, 3.63) is 46.3 Å². The molecule has 0 aliphatic heterocycles. The fourth-order valence-corrected chi connectivity index (χ4v) is 2.74. The van der Waals surface area contributed by atoms with Crippen LogP contribution >= 0.6 is 0 Å². The van der Waals surface area contributed by atoms with Gasteiger partial charge in [0.2, 0.25) is 5.78 Å². The summed E-state index contributed by atoms with van der Waals surface area (Å²) in [6.07, 6.45) is 1.47. The maximum atomic E-state index is 12.4. The highest BCUT2D eigenvalue weighted by Crippen LogP contribution is 2.27. The molecule has 150 valence electrons. The molecule has 28 heavy (non-hydrogen) atoms. The van der Waals surface area contributed by atoms with Crippen LogP contribution in [0.4, 0.5) is 0 Å². The zero-order chi connectivity index (χ0) is 20.7. The first-order valence-corrected chi connectivity index (χ1v) is 8.69. The number of aryl methyl sites for hydroxylation is 1. The second kappa shape index (κ2) is 9.59. The summed E-state index contributed by atoms with van der Waals surface area (Å²) in [7, 11) is 2.85. The van der Waals surface area contributed by atoms with E-state index in [2.05, 4.69) is 10.1 Å². The molecule has 0 radical (unpaired) electrons. The van der Waals surface area contributed by atoms with Gasteiger partial charge in [-0.3, -0.25) is 4.79 Å². The van der Waals surface area contributed by atoms with Gasteiger partial charge in [-0.15, -0.1) is 0 Å². The number of ketones is 1. The number of carbonyl (C=O) groups excluding carboxylic acids is 2. The quantitative estimate of drug-likeness (QED) is 0.307. The lowest BCUT2D eigenvalue weighted by atomic mass is 10.1. The fraction of sp³-hybridized carbons (Fsp3) is 0.350. The molecule has 2 rings (SSSR count). The smallest absolute Gasteiger partial charge is 0.339 e. The number of aromatic nitrogens is 1. The first-order chi connectivity index (χ1) is 13.4. The molecular weight excluding hydrogens is 364 g/mol. The molecule has 8 heteroatoms. The summed E-state index contributed by atoms with van der Waals surface area (Å²) in [6, 6.07) is 5.32. The number of nitrogens with one attached hydrogen (secondary N) is 1. The number of hydrogen-bond acceptors (Lipinski definition) is 7. The largest absolute Gasteiger partial charge is 0.493 e. The number of H-pyrrole nitrogens is 1. The minimum Gasteiger partial charge on any atom is -0.493 e. The number of Topliss-reactive ketones (excluding diaryl/α,β-unsaturated/α-hetero) is 1. The number of rotatable bonds is 9. The van der Waals surface area contributed by atoms with Gasteiger partial charge in [-0.2, -0.15) is 0 Å². The summed E-state index contributed by atoms with van der Waals surface area (Å²) in [6.45, 7) is 5.53. The van der Waals surface area contributed by atoms with Crippen molar-refractivity contribution >= 4 is 18.0 Å². The molecule has 0 unspecified atom stereocenters. The van der Waals surface area contributed by atoms with Crippen molar-refractivity contribution in [1.82, 2.24) is 4.98 Å². The van der Waals surface area contributed by atoms with E-state index in [4.69, 9.17) is 19.0 Å². The van der Waals surface area contributed by atoms with Crippen molar-refractivity contribution in [2.45, 2.75) is 20.8 Å². The molecule has 0 fully saturated rings. The monoisotopic (exact) mass is 388 g/mol. The Hall–Kier alpha value is -3.29. The lowest BCUT2D eigenvalue weighted by Crippen LogP contribution is -2.10. The fourth-order valence-electron chi connectivity index (χ4n) is 2.74. The Morgan fingerprint density at radius 2 is 1.93 bits per heavy atom. The third kappa shape index (κ3) is 4.70. The minimum atomic E-state index is -0.492. The Labute approximate surface area is 163 Å². The van der Waals surface area contributed by atoms with Crippen LogP contribution in [0.15, 0.2) is 23.4 Å². The van der Waals surface area contributed by atoms with Gasteiger partial charge in [0.1, 0.15) is 0 Å². The summed E-state index contributed by atoms with van der Waals surface area (Å²) >= 11 is 0. The number of ether oxygens (including phenoxy) is 3. The topological polar surface area (TPSA) is 99.2 Å². The molecular formula is C20H24N2O6.